The number of nitrogens with zero attached hydrogens (tertiary/aromatic N) is 2. The van der Waals surface area contributed by atoms with Gasteiger partial charge < -0.3 is 5.32 Å². The molecule has 0 aliphatic rings. The number of halogens is 1. The van der Waals surface area contributed by atoms with E-state index >= 15 is 0 Å². The molecule has 2 aromatic carbocycles. The SMILES string of the molecule is CN(CC(=O)Nc1ccccc1C#N)Cc1ccc(Cl)cc1. The summed E-state index contributed by atoms with van der Waals surface area (Å²) >= 11 is 5.85. The summed E-state index contributed by atoms with van der Waals surface area (Å²) in [5.74, 6) is -0.154. The summed E-state index contributed by atoms with van der Waals surface area (Å²) in [5.41, 5.74) is 2.07. The van der Waals surface area contributed by atoms with Crippen molar-refractivity contribution in [3.63, 3.8) is 0 Å². The van der Waals surface area contributed by atoms with E-state index in [0.29, 0.717) is 22.8 Å². The molecule has 0 atom stereocenters. The van der Waals surface area contributed by atoms with Crippen LogP contribution < -0.4 is 5.32 Å². The minimum Gasteiger partial charge on any atom is -0.324 e. The Hall–Kier alpha value is -2.35. The third-order valence-corrected chi connectivity index (χ3v) is 3.35. The summed E-state index contributed by atoms with van der Waals surface area (Å²) < 4.78 is 0. The number of anilines is 1. The van der Waals surface area contributed by atoms with E-state index in [0.717, 1.165) is 5.56 Å². The Balaban J connectivity index is 1.91. The molecule has 0 radical (unpaired) electrons. The van der Waals surface area contributed by atoms with Crippen LogP contribution in [0.1, 0.15) is 11.1 Å². The zero-order valence-corrected chi connectivity index (χ0v) is 13.0. The summed E-state index contributed by atoms with van der Waals surface area (Å²) in [6.07, 6.45) is 0. The van der Waals surface area contributed by atoms with E-state index in [9.17, 15) is 4.79 Å². The van der Waals surface area contributed by atoms with Crippen LogP contribution in [0.25, 0.3) is 0 Å². The van der Waals surface area contributed by atoms with Gasteiger partial charge in [0.1, 0.15) is 6.07 Å². The molecule has 0 unspecified atom stereocenters. The number of carbonyl (C=O) groups excluding carboxylic acids is 1. The fourth-order valence-electron chi connectivity index (χ4n) is 2.08. The first-order valence-corrected chi connectivity index (χ1v) is 7.18. The number of amides is 1. The number of hydrogen-bond acceptors (Lipinski definition) is 3. The van der Waals surface area contributed by atoms with Gasteiger partial charge >= 0.3 is 0 Å². The highest BCUT2D eigenvalue weighted by molar-refractivity contribution is 6.30. The lowest BCUT2D eigenvalue weighted by Gasteiger charge is -2.16. The van der Waals surface area contributed by atoms with Crippen LogP contribution in [0.3, 0.4) is 0 Å². The number of rotatable bonds is 5. The quantitative estimate of drug-likeness (QED) is 0.921. The lowest BCUT2D eigenvalue weighted by Crippen LogP contribution is -2.30. The second-order valence-electron chi connectivity index (χ2n) is 5.00. The van der Waals surface area contributed by atoms with Gasteiger partial charge in [-0.2, -0.15) is 5.26 Å². The van der Waals surface area contributed by atoms with Crippen molar-refractivity contribution in [2.45, 2.75) is 6.54 Å². The molecule has 0 spiro atoms. The molecule has 0 aliphatic heterocycles. The lowest BCUT2D eigenvalue weighted by molar-refractivity contribution is -0.117. The Bertz CT molecular complexity index is 692. The van der Waals surface area contributed by atoms with Crippen LogP contribution in [0.5, 0.6) is 0 Å². The number of para-hydroxylation sites is 1. The van der Waals surface area contributed by atoms with Crippen molar-refractivity contribution in [3.8, 4) is 6.07 Å². The Labute approximate surface area is 134 Å². The highest BCUT2D eigenvalue weighted by Gasteiger charge is 2.09. The fourth-order valence-corrected chi connectivity index (χ4v) is 2.21. The molecule has 0 bridgehead atoms. The van der Waals surface area contributed by atoms with E-state index in [4.69, 9.17) is 16.9 Å². The largest absolute Gasteiger partial charge is 0.324 e. The molecule has 22 heavy (non-hydrogen) atoms. The van der Waals surface area contributed by atoms with Crippen LogP contribution in [-0.4, -0.2) is 24.4 Å². The Morgan fingerprint density at radius 2 is 1.91 bits per heavy atom. The maximum atomic E-state index is 12.1. The molecule has 0 heterocycles. The van der Waals surface area contributed by atoms with Crippen LogP contribution in [0.15, 0.2) is 48.5 Å². The second-order valence-corrected chi connectivity index (χ2v) is 5.44. The number of nitrogens with one attached hydrogen (secondary N) is 1. The van der Waals surface area contributed by atoms with Crippen LogP contribution in [0.4, 0.5) is 5.69 Å². The van der Waals surface area contributed by atoms with Crippen molar-refractivity contribution in [2.24, 2.45) is 0 Å². The van der Waals surface area contributed by atoms with Gasteiger partial charge in [-0.15, -0.1) is 0 Å². The average Bonchev–Trinajstić information content (AvgIpc) is 2.50. The number of nitriles is 1. The normalized spacial score (nSPS) is 10.3. The average molecular weight is 314 g/mol. The van der Waals surface area contributed by atoms with Gasteiger partial charge in [0.2, 0.25) is 5.91 Å². The Morgan fingerprint density at radius 1 is 1.23 bits per heavy atom. The highest BCUT2D eigenvalue weighted by atomic mass is 35.5. The predicted molar refractivity (Wildman–Crippen MR) is 87.6 cm³/mol. The van der Waals surface area contributed by atoms with Gasteiger partial charge in [-0.25, -0.2) is 0 Å². The first-order chi connectivity index (χ1) is 10.6. The summed E-state index contributed by atoms with van der Waals surface area (Å²) in [5, 5.41) is 12.5. The Morgan fingerprint density at radius 3 is 2.59 bits per heavy atom. The van der Waals surface area contributed by atoms with Crippen molar-refractivity contribution < 1.29 is 4.79 Å². The minimum absolute atomic E-state index is 0.154. The maximum absolute atomic E-state index is 12.1. The van der Waals surface area contributed by atoms with E-state index in [1.54, 1.807) is 24.3 Å². The van der Waals surface area contributed by atoms with Crippen molar-refractivity contribution in [2.75, 3.05) is 18.9 Å². The molecule has 112 valence electrons. The third kappa shape index (κ3) is 4.59. The van der Waals surface area contributed by atoms with E-state index < -0.39 is 0 Å². The standard InChI is InChI=1S/C17H16ClN3O/c1-21(11-13-6-8-15(18)9-7-13)12-17(22)20-16-5-3-2-4-14(16)10-19/h2-9H,11-12H2,1H3,(H,20,22). The van der Waals surface area contributed by atoms with Gasteiger partial charge in [0.05, 0.1) is 17.8 Å². The van der Waals surface area contributed by atoms with Crippen LogP contribution in [0.2, 0.25) is 5.02 Å². The maximum Gasteiger partial charge on any atom is 0.238 e. The van der Waals surface area contributed by atoms with Gasteiger partial charge in [0.25, 0.3) is 0 Å². The molecule has 0 aliphatic carbocycles. The van der Waals surface area contributed by atoms with Gasteiger partial charge in [0, 0.05) is 11.6 Å². The third-order valence-electron chi connectivity index (χ3n) is 3.10. The lowest BCUT2D eigenvalue weighted by atomic mass is 10.2. The van der Waals surface area contributed by atoms with Gasteiger partial charge in [-0.1, -0.05) is 35.9 Å². The first kappa shape index (κ1) is 16.0. The van der Waals surface area contributed by atoms with Crippen molar-refractivity contribution in [1.82, 2.24) is 4.90 Å². The monoisotopic (exact) mass is 313 g/mol. The fraction of sp³-hybridized carbons (Fsp3) is 0.176. The molecule has 1 N–H and O–H groups in total. The molecular formula is C17H16ClN3O. The summed E-state index contributed by atoms with van der Waals surface area (Å²) in [6, 6.07) is 16.5. The molecule has 0 saturated carbocycles. The molecule has 2 aromatic rings. The van der Waals surface area contributed by atoms with Gasteiger partial charge in [-0.3, -0.25) is 9.69 Å². The van der Waals surface area contributed by atoms with Crippen molar-refractivity contribution >= 4 is 23.2 Å². The van der Waals surface area contributed by atoms with E-state index in [-0.39, 0.29) is 12.5 Å². The molecule has 0 aromatic heterocycles. The molecular weight excluding hydrogens is 298 g/mol. The van der Waals surface area contributed by atoms with Crippen LogP contribution in [0, 0.1) is 11.3 Å². The number of carbonyl (C=O) groups is 1. The van der Waals surface area contributed by atoms with Gasteiger partial charge in [-0.05, 0) is 36.9 Å². The molecule has 2 rings (SSSR count). The topological polar surface area (TPSA) is 56.1 Å². The van der Waals surface area contributed by atoms with Crippen molar-refractivity contribution in [1.29, 1.82) is 5.26 Å². The summed E-state index contributed by atoms with van der Waals surface area (Å²) in [6.45, 7) is 0.882. The number of likely N-dealkylation sites (N-methyl/N-ethyl adjacent to an activating group) is 1. The smallest absolute Gasteiger partial charge is 0.238 e. The minimum atomic E-state index is -0.154. The molecule has 5 heteroatoms. The highest BCUT2D eigenvalue weighted by Crippen LogP contribution is 2.14. The zero-order chi connectivity index (χ0) is 15.9. The zero-order valence-electron chi connectivity index (χ0n) is 12.2. The van der Waals surface area contributed by atoms with Crippen LogP contribution in [-0.2, 0) is 11.3 Å². The number of hydrogen-bond donors (Lipinski definition) is 1. The van der Waals surface area contributed by atoms with Crippen LogP contribution >= 0.6 is 11.6 Å². The van der Waals surface area contributed by atoms with E-state index in [2.05, 4.69) is 11.4 Å². The number of benzene rings is 2. The second kappa shape index (κ2) is 7.60. The molecule has 4 nitrogen and oxygen atoms in total. The Kier molecular flexibility index (Phi) is 5.54. The summed E-state index contributed by atoms with van der Waals surface area (Å²) in [7, 11) is 1.87. The predicted octanol–water partition coefficient (Wildman–Crippen LogP) is 3.28. The van der Waals surface area contributed by atoms with Gasteiger partial charge in [0.15, 0.2) is 0 Å². The van der Waals surface area contributed by atoms with Crippen molar-refractivity contribution in [3.05, 3.63) is 64.7 Å². The molecule has 0 fully saturated rings. The van der Waals surface area contributed by atoms with E-state index in [1.807, 2.05) is 36.2 Å². The summed E-state index contributed by atoms with van der Waals surface area (Å²) in [4.78, 5) is 13.9. The van der Waals surface area contributed by atoms with E-state index in [1.165, 1.54) is 0 Å². The molecule has 0 saturated heterocycles. The molecule has 1 amide bonds. The first-order valence-electron chi connectivity index (χ1n) is 6.80.